The monoisotopic (exact) mass is 223 g/mol. The van der Waals surface area contributed by atoms with Crippen LogP contribution in [0.1, 0.15) is 5.56 Å². The van der Waals surface area contributed by atoms with Crippen molar-refractivity contribution in [2.24, 2.45) is 7.05 Å². The fraction of sp³-hybridized carbons (Fsp3) is 0.300. The van der Waals surface area contributed by atoms with Gasteiger partial charge in [0.05, 0.1) is 16.9 Å². The van der Waals surface area contributed by atoms with Gasteiger partial charge in [0, 0.05) is 12.4 Å². The van der Waals surface area contributed by atoms with Crippen molar-refractivity contribution in [3.8, 4) is 0 Å². The molecule has 0 spiro atoms. The quantitative estimate of drug-likeness (QED) is 0.786. The molecule has 80 valence electrons. The van der Waals surface area contributed by atoms with Crippen molar-refractivity contribution in [3.05, 3.63) is 23.8 Å². The van der Waals surface area contributed by atoms with Gasteiger partial charge in [-0.15, -0.1) is 0 Å². The Hall–Kier alpha value is -1.20. The Kier molecular flexibility index (Phi) is 2.58. The lowest BCUT2D eigenvalue weighted by Crippen LogP contribution is -2.10. The summed E-state index contributed by atoms with van der Waals surface area (Å²) in [6, 6.07) is 5.99. The molecule has 0 aliphatic rings. The van der Waals surface area contributed by atoms with Crippen molar-refractivity contribution >= 4 is 28.1 Å². The van der Waals surface area contributed by atoms with E-state index in [0.29, 0.717) is 5.82 Å². The Bertz CT molecular complexity index is 493. The van der Waals surface area contributed by atoms with Crippen molar-refractivity contribution < 1.29 is 4.55 Å². The molecule has 0 aliphatic carbocycles. The maximum absolute atomic E-state index is 11.1. The number of aryl methyl sites for hydroxylation is 2. The highest BCUT2D eigenvalue weighted by Crippen LogP contribution is 2.25. The molecular formula is C10H13N3OS. The predicted octanol–water partition coefficient (Wildman–Crippen LogP) is 1.59. The molecule has 0 saturated heterocycles. The second kappa shape index (κ2) is 3.75. The fourth-order valence-electron chi connectivity index (χ4n) is 1.74. The molecule has 1 aromatic heterocycles. The SMILES string of the molecule is Cc1cccc2c(N[S+](C)[O-])nn(C)c12. The average molecular weight is 223 g/mol. The van der Waals surface area contributed by atoms with Gasteiger partial charge in [0.1, 0.15) is 6.26 Å². The van der Waals surface area contributed by atoms with Crippen LogP contribution in [0.25, 0.3) is 10.9 Å². The number of fused-ring (bicyclic) bond motifs is 1. The molecule has 1 atom stereocenters. The number of rotatable bonds is 2. The van der Waals surface area contributed by atoms with Crippen LogP contribution >= 0.6 is 0 Å². The van der Waals surface area contributed by atoms with Crippen LogP contribution < -0.4 is 4.72 Å². The van der Waals surface area contributed by atoms with E-state index >= 15 is 0 Å². The van der Waals surface area contributed by atoms with Crippen LogP contribution in [-0.4, -0.2) is 20.6 Å². The van der Waals surface area contributed by atoms with Gasteiger partial charge in [-0.05, 0) is 18.6 Å². The van der Waals surface area contributed by atoms with Gasteiger partial charge < -0.3 is 4.55 Å². The number of hydrogen-bond donors (Lipinski definition) is 1. The number of nitrogens with one attached hydrogen (secondary N) is 1. The molecular weight excluding hydrogens is 210 g/mol. The second-order valence-electron chi connectivity index (χ2n) is 3.50. The highest BCUT2D eigenvalue weighted by atomic mass is 32.2. The molecule has 1 heterocycles. The summed E-state index contributed by atoms with van der Waals surface area (Å²) in [5.41, 5.74) is 2.24. The van der Waals surface area contributed by atoms with Crippen LogP contribution in [0.4, 0.5) is 5.82 Å². The van der Waals surface area contributed by atoms with Gasteiger partial charge in [0.2, 0.25) is 0 Å². The molecule has 4 nitrogen and oxygen atoms in total. The Morgan fingerprint density at radius 2 is 2.20 bits per heavy atom. The standard InChI is InChI=1S/C10H13N3OS/c1-7-5-4-6-8-9(7)13(2)11-10(8)12-15(3)14/h4-6H,1-3H3,(H,11,12). The van der Waals surface area contributed by atoms with E-state index in [0.717, 1.165) is 16.5 Å². The molecule has 2 rings (SSSR count). The summed E-state index contributed by atoms with van der Waals surface area (Å²) in [7, 11) is 1.89. The molecule has 0 amide bonds. The first kappa shape index (κ1) is 10.3. The van der Waals surface area contributed by atoms with Crippen LogP contribution in [0, 0.1) is 6.92 Å². The van der Waals surface area contributed by atoms with Gasteiger partial charge in [-0.3, -0.25) is 4.68 Å². The summed E-state index contributed by atoms with van der Waals surface area (Å²) in [5.74, 6) is 0.678. The number of hydrogen-bond acceptors (Lipinski definition) is 3. The topological polar surface area (TPSA) is 52.9 Å². The maximum atomic E-state index is 11.1. The molecule has 15 heavy (non-hydrogen) atoms. The van der Waals surface area contributed by atoms with E-state index in [2.05, 4.69) is 9.82 Å². The fourth-order valence-corrected chi connectivity index (χ4v) is 2.17. The first-order chi connectivity index (χ1) is 7.09. The zero-order valence-corrected chi connectivity index (χ0v) is 9.76. The summed E-state index contributed by atoms with van der Waals surface area (Å²) in [6.07, 6.45) is 1.59. The van der Waals surface area contributed by atoms with E-state index in [1.807, 2.05) is 32.2 Å². The zero-order valence-electron chi connectivity index (χ0n) is 8.94. The molecule has 0 fully saturated rings. The highest BCUT2D eigenvalue weighted by Gasteiger charge is 2.12. The summed E-state index contributed by atoms with van der Waals surface area (Å²) >= 11 is -1.09. The lowest BCUT2D eigenvalue weighted by atomic mass is 10.1. The van der Waals surface area contributed by atoms with E-state index in [4.69, 9.17) is 0 Å². The van der Waals surface area contributed by atoms with E-state index < -0.39 is 11.4 Å². The van der Waals surface area contributed by atoms with Gasteiger partial charge in [-0.25, -0.2) is 0 Å². The van der Waals surface area contributed by atoms with Gasteiger partial charge in [0.15, 0.2) is 5.82 Å². The zero-order chi connectivity index (χ0) is 11.0. The summed E-state index contributed by atoms with van der Waals surface area (Å²) in [6.45, 7) is 2.04. The number of benzene rings is 1. The third-order valence-electron chi connectivity index (χ3n) is 2.31. The first-order valence-corrected chi connectivity index (χ1v) is 6.18. The molecule has 2 aromatic rings. The molecule has 0 radical (unpaired) electrons. The van der Waals surface area contributed by atoms with Crippen molar-refractivity contribution in [1.82, 2.24) is 9.78 Å². The van der Waals surface area contributed by atoms with Crippen molar-refractivity contribution in [1.29, 1.82) is 0 Å². The molecule has 1 unspecified atom stereocenters. The molecule has 0 aliphatic heterocycles. The Balaban J connectivity index is 2.63. The molecule has 5 heteroatoms. The van der Waals surface area contributed by atoms with Crippen molar-refractivity contribution in [3.63, 3.8) is 0 Å². The van der Waals surface area contributed by atoms with E-state index in [1.165, 1.54) is 0 Å². The minimum Gasteiger partial charge on any atom is -0.593 e. The number of anilines is 1. The first-order valence-electron chi connectivity index (χ1n) is 4.62. The Morgan fingerprint density at radius 1 is 1.47 bits per heavy atom. The summed E-state index contributed by atoms with van der Waals surface area (Å²) in [4.78, 5) is 0. The number of para-hydroxylation sites is 1. The van der Waals surface area contributed by atoms with Crippen molar-refractivity contribution in [2.45, 2.75) is 6.92 Å². The van der Waals surface area contributed by atoms with Crippen LogP contribution in [0.2, 0.25) is 0 Å². The second-order valence-corrected chi connectivity index (χ2v) is 4.61. The predicted molar refractivity (Wildman–Crippen MR) is 63.1 cm³/mol. The lowest BCUT2D eigenvalue weighted by Gasteiger charge is -2.03. The van der Waals surface area contributed by atoms with Crippen LogP contribution in [0.15, 0.2) is 18.2 Å². The van der Waals surface area contributed by atoms with Gasteiger partial charge in [-0.2, -0.15) is 9.82 Å². The van der Waals surface area contributed by atoms with E-state index in [9.17, 15) is 4.55 Å². The van der Waals surface area contributed by atoms with E-state index in [-0.39, 0.29) is 0 Å². The number of nitrogens with zero attached hydrogens (tertiary/aromatic N) is 2. The maximum Gasteiger partial charge on any atom is 0.199 e. The Morgan fingerprint density at radius 3 is 2.87 bits per heavy atom. The summed E-state index contributed by atoms with van der Waals surface area (Å²) < 4.78 is 15.7. The largest absolute Gasteiger partial charge is 0.593 e. The van der Waals surface area contributed by atoms with Crippen LogP contribution in [-0.2, 0) is 18.4 Å². The summed E-state index contributed by atoms with van der Waals surface area (Å²) in [5, 5.41) is 5.31. The Labute approximate surface area is 91.6 Å². The van der Waals surface area contributed by atoms with Gasteiger partial charge in [-0.1, -0.05) is 12.1 Å². The molecule has 0 saturated carbocycles. The molecule has 1 N–H and O–H groups in total. The number of aromatic nitrogens is 2. The van der Waals surface area contributed by atoms with Crippen molar-refractivity contribution in [2.75, 3.05) is 11.0 Å². The lowest BCUT2D eigenvalue weighted by molar-refractivity contribution is 0.605. The highest BCUT2D eigenvalue weighted by molar-refractivity contribution is 7.92. The molecule has 1 aromatic carbocycles. The smallest absolute Gasteiger partial charge is 0.199 e. The van der Waals surface area contributed by atoms with Crippen LogP contribution in [0.3, 0.4) is 0 Å². The third kappa shape index (κ3) is 1.80. The van der Waals surface area contributed by atoms with Gasteiger partial charge in [0.25, 0.3) is 0 Å². The van der Waals surface area contributed by atoms with Gasteiger partial charge >= 0.3 is 0 Å². The normalized spacial score (nSPS) is 13.1. The minimum absolute atomic E-state index is 0.678. The third-order valence-corrected chi connectivity index (χ3v) is 2.79. The minimum atomic E-state index is -1.09. The van der Waals surface area contributed by atoms with E-state index in [1.54, 1.807) is 10.9 Å². The molecule has 0 bridgehead atoms. The van der Waals surface area contributed by atoms with Crippen LogP contribution in [0.5, 0.6) is 0 Å². The average Bonchev–Trinajstić information content (AvgIpc) is 2.44.